The predicted octanol–water partition coefficient (Wildman–Crippen LogP) is 3.45. The molecule has 2 aromatic heterocycles. The van der Waals surface area contributed by atoms with E-state index in [0.29, 0.717) is 24.6 Å². The number of aromatic hydroxyl groups is 1. The van der Waals surface area contributed by atoms with E-state index in [0.717, 1.165) is 24.1 Å². The fourth-order valence-corrected chi connectivity index (χ4v) is 3.37. The van der Waals surface area contributed by atoms with Gasteiger partial charge in [0.2, 0.25) is 0 Å². The fraction of sp³-hybridized carbons (Fsp3) is 0.208. The van der Waals surface area contributed by atoms with Crippen LogP contribution in [-0.2, 0) is 6.42 Å². The van der Waals surface area contributed by atoms with Crippen molar-refractivity contribution in [3.8, 4) is 17.4 Å². The van der Waals surface area contributed by atoms with Crippen LogP contribution in [0.1, 0.15) is 30.9 Å². The maximum absolute atomic E-state index is 13.3. The topological polar surface area (TPSA) is 67.7 Å². The zero-order valence-corrected chi connectivity index (χ0v) is 16.9. The summed E-state index contributed by atoms with van der Waals surface area (Å²) in [4.78, 5) is 13.3. The van der Waals surface area contributed by atoms with Crippen LogP contribution in [0.15, 0.2) is 77.6 Å². The molecule has 2 aromatic carbocycles. The van der Waals surface area contributed by atoms with Crippen LogP contribution in [0.3, 0.4) is 0 Å². The molecular weight excluding hydrogens is 378 g/mol. The van der Waals surface area contributed by atoms with E-state index in [1.807, 2.05) is 60.7 Å². The minimum Gasteiger partial charge on any atom is -0.477 e. The Bertz CT molecular complexity index is 1210. The van der Waals surface area contributed by atoms with Crippen molar-refractivity contribution in [3.63, 3.8) is 0 Å². The van der Waals surface area contributed by atoms with Gasteiger partial charge in [-0.25, -0.2) is 4.79 Å². The molecule has 4 aromatic rings. The van der Waals surface area contributed by atoms with Gasteiger partial charge in [-0.1, -0.05) is 66.4 Å². The van der Waals surface area contributed by atoms with Crippen molar-refractivity contribution in [2.45, 2.75) is 26.2 Å². The number of nitrogens with zero attached hydrogens (tertiary/aromatic N) is 3. The van der Waals surface area contributed by atoms with Gasteiger partial charge in [-0.15, -0.1) is 0 Å². The van der Waals surface area contributed by atoms with Gasteiger partial charge in [-0.05, 0) is 29.2 Å². The summed E-state index contributed by atoms with van der Waals surface area (Å²) in [5, 5.41) is 15.5. The summed E-state index contributed by atoms with van der Waals surface area (Å²) in [6, 6.07) is 22.5. The maximum atomic E-state index is 13.3. The van der Waals surface area contributed by atoms with Crippen molar-refractivity contribution in [1.82, 2.24) is 9.61 Å². The van der Waals surface area contributed by atoms with Gasteiger partial charge in [0.05, 0.1) is 6.61 Å². The molecule has 0 radical (unpaired) electrons. The first kappa shape index (κ1) is 19.6. The van der Waals surface area contributed by atoms with Crippen molar-refractivity contribution >= 4 is 5.65 Å². The number of ether oxygens (including phenoxy) is 1. The van der Waals surface area contributed by atoms with Crippen LogP contribution in [-0.4, -0.2) is 21.3 Å². The standard InChI is InChI=1S/C24H23N3O3/c1-2-3-16-30-21-14-15-22-26(19-12-8-5-9-13-19)23(28)20(24(29)27(22)25-21)17-18-10-6-4-7-11-18/h4-15H,2-3,16-17H2,1H3/p+1. The third kappa shape index (κ3) is 3.89. The molecule has 0 aliphatic rings. The van der Waals surface area contributed by atoms with Crippen LogP contribution in [0.2, 0.25) is 0 Å². The molecule has 1 N–H and O–H groups in total. The fourth-order valence-electron chi connectivity index (χ4n) is 3.37. The van der Waals surface area contributed by atoms with Crippen LogP contribution in [0.25, 0.3) is 11.3 Å². The number of rotatable bonds is 7. The van der Waals surface area contributed by atoms with Crippen molar-refractivity contribution in [1.29, 1.82) is 0 Å². The number of fused-ring (bicyclic) bond motifs is 1. The van der Waals surface area contributed by atoms with Crippen LogP contribution in [0.4, 0.5) is 0 Å². The Balaban J connectivity index is 1.92. The third-order valence-electron chi connectivity index (χ3n) is 4.94. The molecule has 0 atom stereocenters. The maximum Gasteiger partial charge on any atom is 0.370 e. The minimum atomic E-state index is -0.362. The van der Waals surface area contributed by atoms with Crippen molar-refractivity contribution in [3.05, 3.63) is 94.3 Å². The first-order valence-corrected chi connectivity index (χ1v) is 10.1. The van der Waals surface area contributed by atoms with Gasteiger partial charge >= 0.3 is 11.2 Å². The molecule has 30 heavy (non-hydrogen) atoms. The molecule has 0 bridgehead atoms. The zero-order chi connectivity index (χ0) is 20.9. The molecule has 0 amide bonds. The van der Waals surface area contributed by atoms with Crippen LogP contribution < -0.4 is 14.9 Å². The van der Waals surface area contributed by atoms with E-state index < -0.39 is 0 Å². The quantitative estimate of drug-likeness (QED) is 0.380. The van der Waals surface area contributed by atoms with E-state index in [1.165, 1.54) is 4.52 Å². The molecule has 2 heterocycles. The number of benzene rings is 2. The average molecular weight is 402 g/mol. The third-order valence-corrected chi connectivity index (χ3v) is 4.94. The van der Waals surface area contributed by atoms with Gasteiger partial charge in [-0.2, -0.15) is 4.57 Å². The summed E-state index contributed by atoms with van der Waals surface area (Å²) < 4.78 is 8.65. The highest BCUT2D eigenvalue weighted by atomic mass is 16.5. The smallest absolute Gasteiger partial charge is 0.370 e. The summed E-state index contributed by atoms with van der Waals surface area (Å²) in [5.74, 6) is 0.297. The predicted molar refractivity (Wildman–Crippen MR) is 114 cm³/mol. The Morgan fingerprint density at radius 2 is 1.70 bits per heavy atom. The summed E-state index contributed by atoms with van der Waals surface area (Å²) in [6.07, 6.45) is 2.22. The second-order valence-electron chi connectivity index (χ2n) is 7.08. The van der Waals surface area contributed by atoms with Crippen LogP contribution in [0, 0.1) is 0 Å². The van der Waals surface area contributed by atoms with E-state index in [1.54, 1.807) is 16.7 Å². The molecule has 0 aliphatic heterocycles. The van der Waals surface area contributed by atoms with E-state index in [-0.39, 0.29) is 17.0 Å². The van der Waals surface area contributed by atoms with Gasteiger partial charge in [0.15, 0.2) is 0 Å². The summed E-state index contributed by atoms with van der Waals surface area (Å²) in [7, 11) is 0. The highest BCUT2D eigenvalue weighted by molar-refractivity contribution is 5.41. The molecule has 152 valence electrons. The minimum absolute atomic E-state index is 0.0866. The highest BCUT2D eigenvalue weighted by Crippen LogP contribution is 2.18. The summed E-state index contributed by atoms with van der Waals surface area (Å²) in [5.41, 5.74) is 2.05. The van der Waals surface area contributed by atoms with Gasteiger partial charge in [-0.3, -0.25) is 0 Å². The Hall–Kier alpha value is -3.67. The van der Waals surface area contributed by atoms with Crippen molar-refractivity contribution < 1.29 is 14.4 Å². The van der Waals surface area contributed by atoms with E-state index in [4.69, 9.17) is 4.74 Å². The molecule has 0 saturated heterocycles. The highest BCUT2D eigenvalue weighted by Gasteiger charge is 2.26. The zero-order valence-electron chi connectivity index (χ0n) is 16.9. The molecule has 0 fully saturated rings. The Morgan fingerprint density at radius 3 is 2.40 bits per heavy atom. The van der Waals surface area contributed by atoms with Crippen LogP contribution in [0.5, 0.6) is 11.8 Å². The lowest BCUT2D eigenvalue weighted by molar-refractivity contribution is -0.581. The normalized spacial score (nSPS) is 11.0. The average Bonchev–Trinajstić information content (AvgIpc) is 2.79. The first-order valence-electron chi connectivity index (χ1n) is 10.1. The molecule has 4 rings (SSSR count). The van der Waals surface area contributed by atoms with Crippen molar-refractivity contribution in [2.24, 2.45) is 0 Å². The first-order chi connectivity index (χ1) is 14.7. The monoisotopic (exact) mass is 402 g/mol. The van der Waals surface area contributed by atoms with E-state index >= 15 is 0 Å². The molecular formula is C24H24N3O3+. The molecule has 0 unspecified atom stereocenters. The van der Waals surface area contributed by atoms with Gasteiger partial charge in [0.1, 0.15) is 11.3 Å². The Morgan fingerprint density at radius 1 is 1.00 bits per heavy atom. The lowest BCUT2D eigenvalue weighted by Crippen LogP contribution is -2.40. The molecule has 0 saturated carbocycles. The number of aromatic nitrogens is 3. The number of unbranched alkanes of at least 4 members (excludes halogenated alkanes) is 1. The lowest BCUT2D eigenvalue weighted by atomic mass is 10.1. The second kappa shape index (κ2) is 8.78. The van der Waals surface area contributed by atoms with E-state index in [9.17, 15) is 9.90 Å². The summed E-state index contributed by atoms with van der Waals surface area (Å²) in [6.45, 7) is 2.63. The van der Waals surface area contributed by atoms with Gasteiger partial charge in [0.25, 0.3) is 11.8 Å². The number of para-hydroxylation sites is 1. The second-order valence-corrected chi connectivity index (χ2v) is 7.08. The molecule has 6 nitrogen and oxygen atoms in total. The van der Waals surface area contributed by atoms with Gasteiger partial charge < -0.3 is 9.84 Å². The lowest BCUT2D eigenvalue weighted by Gasteiger charge is -2.10. The number of hydrogen-bond donors (Lipinski definition) is 1. The van der Waals surface area contributed by atoms with E-state index in [2.05, 4.69) is 12.0 Å². The van der Waals surface area contributed by atoms with Crippen molar-refractivity contribution in [2.75, 3.05) is 6.61 Å². The molecule has 0 spiro atoms. The Kier molecular flexibility index (Phi) is 5.75. The molecule has 6 heteroatoms. The largest absolute Gasteiger partial charge is 0.477 e. The van der Waals surface area contributed by atoms with Gasteiger partial charge in [0, 0.05) is 18.6 Å². The SMILES string of the molecule is CCCCOc1ccc2n(n1)c(=O)c(Cc1ccccc1)c(O)[n+]2-c1ccccc1. The van der Waals surface area contributed by atoms with Crippen LogP contribution >= 0.6 is 0 Å². The summed E-state index contributed by atoms with van der Waals surface area (Å²) >= 11 is 0. The Labute approximate surface area is 174 Å². The number of hydrogen-bond acceptors (Lipinski definition) is 4. The molecule has 0 aliphatic carbocycles.